The van der Waals surface area contributed by atoms with Crippen LogP contribution in [0.2, 0.25) is 0 Å². The van der Waals surface area contributed by atoms with Crippen LogP contribution in [0.15, 0.2) is 36.5 Å². The van der Waals surface area contributed by atoms with Crippen LogP contribution in [0.5, 0.6) is 0 Å². The Labute approximate surface area is 137 Å². The summed E-state index contributed by atoms with van der Waals surface area (Å²) in [5.74, 6) is -0.840. The molecule has 0 aliphatic carbocycles. The van der Waals surface area contributed by atoms with Crippen molar-refractivity contribution in [2.24, 2.45) is 0 Å². The Morgan fingerprint density at radius 2 is 1.23 bits per heavy atom. The molecule has 0 aliphatic rings. The molecule has 0 bridgehead atoms. The first-order chi connectivity index (χ1) is 10.8. The van der Waals surface area contributed by atoms with E-state index in [0.717, 1.165) is 25.7 Å². The maximum absolute atomic E-state index is 10.3. The highest BCUT2D eigenvalue weighted by Crippen LogP contribution is 2.11. The molecule has 0 aliphatic heterocycles. The molecule has 2 nitrogen and oxygen atoms in total. The summed E-state index contributed by atoms with van der Waals surface area (Å²) >= 11 is 0. The number of hydrogen-bond donors (Lipinski definition) is 1. The van der Waals surface area contributed by atoms with Gasteiger partial charge in [0.15, 0.2) is 0 Å². The fraction of sp³-hybridized carbons (Fsp3) is 0.650. The van der Waals surface area contributed by atoms with Gasteiger partial charge in [-0.2, -0.15) is 0 Å². The highest BCUT2D eigenvalue weighted by Gasteiger charge is 1.92. The van der Waals surface area contributed by atoms with Gasteiger partial charge in [0.2, 0.25) is 0 Å². The maximum Gasteiger partial charge on any atom is 0.327 e. The fourth-order valence-corrected chi connectivity index (χ4v) is 2.32. The quantitative estimate of drug-likeness (QED) is 0.215. The topological polar surface area (TPSA) is 37.3 Å². The van der Waals surface area contributed by atoms with Gasteiger partial charge in [0.1, 0.15) is 0 Å². The lowest BCUT2D eigenvalue weighted by atomic mass is 10.1. The Bertz CT molecular complexity index is 327. The van der Waals surface area contributed by atoms with E-state index in [0.29, 0.717) is 0 Å². The zero-order chi connectivity index (χ0) is 16.3. The van der Waals surface area contributed by atoms with E-state index in [1.807, 2.05) is 0 Å². The normalized spacial score (nSPS) is 12.0. The molecule has 0 heterocycles. The number of carbonyl (C=O) groups is 1. The van der Waals surface area contributed by atoms with Crippen LogP contribution in [0.4, 0.5) is 0 Å². The Morgan fingerprint density at radius 3 is 1.77 bits per heavy atom. The monoisotopic (exact) mass is 306 g/mol. The van der Waals surface area contributed by atoms with Crippen molar-refractivity contribution >= 4 is 5.97 Å². The van der Waals surface area contributed by atoms with E-state index < -0.39 is 5.97 Å². The molecule has 0 aromatic carbocycles. The number of unbranched alkanes of at least 4 members (excludes halogenated alkanes) is 9. The second-order valence-corrected chi connectivity index (χ2v) is 5.73. The van der Waals surface area contributed by atoms with Gasteiger partial charge in [-0.25, -0.2) is 4.79 Å². The van der Waals surface area contributed by atoms with Crippen LogP contribution < -0.4 is 0 Å². The third-order valence-electron chi connectivity index (χ3n) is 3.59. The standard InChI is InChI=1S/C20H34O2/c1-2-3-4-5-6-7-8-9-10-11-12-13-14-15-16-17-18-19-20(21)22/h3-4,6-7,18-19H,2,5,8-17H2,1H3,(H,21,22). The van der Waals surface area contributed by atoms with Gasteiger partial charge in [0.05, 0.1) is 0 Å². The largest absolute Gasteiger partial charge is 0.478 e. The van der Waals surface area contributed by atoms with E-state index in [1.165, 1.54) is 57.4 Å². The SMILES string of the molecule is CCC=CCC=CCCCCCCCCCCC=CC(=O)O. The van der Waals surface area contributed by atoms with E-state index in [4.69, 9.17) is 5.11 Å². The van der Waals surface area contributed by atoms with Crippen LogP contribution in [0.3, 0.4) is 0 Å². The fourth-order valence-electron chi connectivity index (χ4n) is 2.32. The van der Waals surface area contributed by atoms with E-state index in [-0.39, 0.29) is 0 Å². The summed E-state index contributed by atoms with van der Waals surface area (Å²) in [6.45, 7) is 2.16. The molecular formula is C20H34O2. The molecule has 2 heteroatoms. The Kier molecular flexibility index (Phi) is 16.7. The molecule has 0 unspecified atom stereocenters. The molecule has 0 aromatic rings. The maximum atomic E-state index is 10.3. The molecule has 0 atom stereocenters. The second kappa shape index (κ2) is 17.7. The highest BCUT2D eigenvalue weighted by atomic mass is 16.4. The first kappa shape index (κ1) is 20.7. The number of carboxylic acids is 1. The third kappa shape index (κ3) is 18.7. The van der Waals surface area contributed by atoms with Crippen molar-refractivity contribution in [3.63, 3.8) is 0 Å². The lowest BCUT2D eigenvalue weighted by molar-refractivity contribution is -0.131. The molecule has 0 spiro atoms. The van der Waals surface area contributed by atoms with Gasteiger partial charge < -0.3 is 5.11 Å². The average molecular weight is 306 g/mol. The van der Waals surface area contributed by atoms with Crippen molar-refractivity contribution in [2.75, 3.05) is 0 Å². The molecule has 0 saturated carbocycles. The third-order valence-corrected chi connectivity index (χ3v) is 3.59. The summed E-state index contributed by atoms with van der Waals surface area (Å²) in [6, 6.07) is 0. The average Bonchev–Trinajstić information content (AvgIpc) is 2.50. The zero-order valence-electron chi connectivity index (χ0n) is 14.3. The minimum atomic E-state index is -0.840. The number of aliphatic carboxylic acids is 1. The number of allylic oxidation sites excluding steroid dienone is 5. The van der Waals surface area contributed by atoms with Crippen molar-refractivity contribution in [3.8, 4) is 0 Å². The van der Waals surface area contributed by atoms with Gasteiger partial charge in [-0.3, -0.25) is 0 Å². The van der Waals surface area contributed by atoms with Gasteiger partial charge in [-0.1, -0.05) is 75.8 Å². The van der Waals surface area contributed by atoms with Crippen molar-refractivity contribution in [2.45, 2.75) is 84.0 Å². The molecule has 0 amide bonds. The van der Waals surface area contributed by atoms with Gasteiger partial charge in [0, 0.05) is 6.08 Å². The zero-order valence-corrected chi connectivity index (χ0v) is 14.3. The molecular weight excluding hydrogens is 272 g/mol. The van der Waals surface area contributed by atoms with E-state index >= 15 is 0 Å². The first-order valence-electron chi connectivity index (χ1n) is 8.96. The Morgan fingerprint density at radius 1 is 0.727 bits per heavy atom. The van der Waals surface area contributed by atoms with Gasteiger partial charge in [0.25, 0.3) is 0 Å². The lowest BCUT2D eigenvalue weighted by Crippen LogP contribution is -1.85. The van der Waals surface area contributed by atoms with Gasteiger partial charge >= 0.3 is 5.97 Å². The van der Waals surface area contributed by atoms with Gasteiger partial charge in [-0.15, -0.1) is 0 Å². The molecule has 0 aromatic heterocycles. The van der Waals surface area contributed by atoms with Crippen LogP contribution in [0.25, 0.3) is 0 Å². The highest BCUT2D eigenvalue weighted by molar-refractivity contribution is 5.79. The molecule has 0 saturated heterocycles. The molecule has 126 valence electrons. The first-order valence-corrected chi connectivity index (χ1v) is 8.96. The van der Waals surface area contributed by atoms with Crippen LogP contribution in [0.1, 0.15) is 84.0 Å². The number of hydrogen-bond acceptors (Lipinski definition) is 1. The molecule has 22 heavy (non-hydrogen) atoms. The summed E-state index contributed by atoms with van der Waals surface area (Å²) in [7, 11) is 0. The molecule has 0 radical (unpaired) electrons. The summed E-state index contributed by atoms with van der Waals surface area (Å²) in [5, 5.41) is 8.45. The lowest BCUT2D eigenvalue weighted by Gasteiger charge is -2.00. The van der Waals surface area contributed by atoms with E-state index in [1.54, 1.807) is 6.08 Å². The number of rotatable bonds is 15. The summed E-state index contributed by atoms with van der Waals surface area (Å²) in [6.07, 6.45) is 26.6. The minimum absolute atomic E-state index is 0.840. The Hall–Kier alpha value is -1.31. The van der Waals surface area contributed by atoms with Crippen LogP contribution in [-0.2, 0) is 4.79 Å². The Balaban J connectivity index is 3.14. The molecule has 0 fully saturated rings. The second-order valence-electron chi connectivity index (χ2n) is 5.73. The van der Waals surface area contributed by atoms with Crippen molar-refractivity contribution in [1.82, 2.24) is 0 Å². The van der Waals surface area contributed by atoms with E-state index in [9.17, 15) is 4.79 Å². The molecule has 0 rings (SSSR count). The van der Waals surface area contributed by atoms with Crippen molar-refractivity contribution in [3.05, 3.63) is 36.5 Å². The van der Waals surface area contributed by atoms with Crippen molar-refractivity contribution < 1.29 is 9.90 Å². The predicted octanol–water partition coefficient (Wildman–Crippen LogP) is 6.44. The minimum Gasteiger partial charge on any atom is -0.478 e. The van der Waals surface area contributed by atoms with Crippen LogP contribution >= 0.6 is 0 Å². The van der Waals surface area contributed by atoms with Crippen LogP contribution in [-0.4, -0.2) is 11.1 Å². The van der Waals surface area contributed by atoms with Gasteiger partial charge in [-0.05, 0) is 38.5 Å². The predicted molar refractivity (Wildman–Crippen MR) is 96.1 cm³/mol. The smallest absolute Gasteiger partial charge is 0.327 e. The number of carboxylic acid groups (broad SMARTS) is 1. The van der Waals surface area contributed by atoms with E-state index in [2.05, 4.69) is 31.2 Å². The molecule has 1 N–H and O–H groups in total. The van der Waals surface area contributed by atoms with Crippen molar-refractivity contribution in [1.29, 1.82) is 0 Å². The van der Waals surface area contributed by atoms with Crippen LogP contribution in [0, 0.1) is 0 Å². The summed E-state index contributed by atoms with van der Waals surface area (Å²) < 4.78 is 0. The summed E-state index contributed by atoms with van der Waals surface area (Å²) in [4.78, 5) is 10.3. The summed E-state index contributed by atoms with van der Waals surface area (Å²) in [5.41, 5.74) is 0.